The van der Waals surface area contributed by atoms with Crippen LogP contribution in [-0.2, 0) is 6.42 Å². The standard InChI is InChI=1S/C46H33N3/c1-2-12-35-26-37(25-23-31(35)10-1)32-14-7-16-34(24-22-32)44-29-45(49-46(48-44)42-20-9-15-33-11-3-5-19-41(33)42)39-18-8-17-36(27-39)40-28-38-13-4-6-21-43(38)47-30-40/h2-6,8-9,11-30H,1,7,10H2. The highest BCUT2D eigenvalue weighted by Crippen LogP contribution is 2.34. The predicted molar refractivity (Wildman–Crippen MR) is 205 cm³/mol. The van der Waals surface area contributed by atoms with Crippen LogP contribution in [0, 0.1) is 0 Å². The number of aryl methyl sites for hydroxylation is 1. The highest BCUT2D eigenvalue weighted by Gasteiger charge is 2.15. The van der Waals surface area contributed by atoms with Crippen molar-refractivity contribution in [3.05, 3.63) is 180 Å². The molecule has 0 aliphatic heterocycles. The monoisotopic (exact) mass is 627 g/mol. The number of para-hydroxylation sites is 1. The van der Waals surface area contributed by atoms with Crippen molar-refractivity contribution in [1.82, 2.24) is 15.0 Å². The minimum atomic E-state index is 0.718. The Morgan fingerprint density at radius 2 is 1.33 bits per heavy atom. The van der Waals surface area contributed by atoms with Crippen LogP contribution in [0.3, 0.4) is 0 Å². The largest absolute Gasteiger partial charge is 0.256 e. The molecule has 7 aromatic rings. The van der Waals surface area contributed by atoms with Crippen LogP contribution in [0.1, 0.15) is 35.2 Å². The third-order valence-electron chi connectivity index (χ3n) is 9.61. The van der Waals surface area contributed by atoms with Gasteiger partial charge in [0.15, 0.2) is 5.82 Å². The molecule has 2 heterocycles. The van der Waals surface area contributed by atoms with Crippen molar-refractivity contribution >= 4 is 38.9 Å². The molecular formula is C46H33N3. The SMILES string of the molecule is C1=Cc2cc(C3=CCC=C(c4cc(-c5cccc(-c6cnc7ccccc7c6)c5)nc(-c5cccc6ccccc56)n4)C=C3)ccc2CC1. The number of hydrogen-bond acceptors (Lipinski definition) is 3. The Labute approximate surface area is 286 Å². The molecule has 0 bridgehead atoms. The molecule has 0 amide bonds. The highest BCUT2D eigenvalue weighted by molar-refractivity contribution is 5.96. The fourth-order valence-electron chi connectivity index (χ4n) is 7.01. The fraction of sp³-hybridized carbons (Fsp3) is 0.0652. The minimum absolute atomic E-state index is 0.718. The summed E-state index contributed by atoms with van der Waals surface area (Å²) < 4.78 is 0. The van der Waals surface area contributed by atoms with Crippen molar-refractivity contribution in [2.24, 2.45) is 0 Å². The van der Waals surface area contributed by atoms with Crippen molar-refractivity contribution in [1.29, 1.82) is 0 Å². The van der Waals surface area contributed by atoms with Crippen LogP contribution in [0.4, 0.5) is 0 Å². The van der Waals surface area contributed by atoms with Crippen molar-refractivity contribution in [3.8, 4) is 33.8 Å². The Balaban J connectivity index is 1.14. The van der Waals surface area contributed by atoms with Crippen molar-refractivity contribution in [3.63, 3.8) is 0 Å². The van der Waals surface area contributed by atoms with Crippen LogP contribution >= 0.6 is 0 Å². The Bertz CT molecular complexity index is 2530. The summed E-state index contributed by atoms with van der Waals surface area (Å²) in [7, 11) is 0. The van der Waals surface area contributed by atoms with Crippen molar-refractivity contribution in [2.75, 3.05) is 0 Å². The number of aromatic nitrogens is 3. The molecule has 0 fully saturated rings. The molecule has 5 aromatic carbocycles. The smallest absolute Gasteiger partial charge is 0.161 e. The summed E-state index contributed by atoms with van der Waals surface area (Å²) in [5, 5.41) is 3.43. The third-order valence-corrected chi connectivity index (χ3v) is 9.61. The van der Waals surface area contributed by atoms with Gasteiger partial charge in [0.1, 0.15) is 0 Å². The second-order valence-electron chi connectivity index (χ2n) is 12.7. The molecule has 0 radical (unpaired) electrons. The van der Waals surface area contributed by atoms with Crippen molar-refractivity contribution in [2.45, 2.75) is 19.3 Å². The minimum Gasteiger partial charge on any atom is -0.256 e. The van der Waals surface area contributed by atoms with Crippen LogP contribution in [0.25, 0.3) is 72.7 Å². The fourth-order valence-corrected chi connectivity index (χ4v) is 7.01. The highest BCUT2D eigenvalue weighted by atomic mass is 14.9. The molecule has 3 heteroatoms. The van der Waals surface area contributed by atoms with E-state index in [1.54, 1.807) is 0 Å². The van der Waals surface area contributed by atoms with Gasteiger partial charge in [0.2, 0.25) is 0 Å². The lowest BCUT2D eigenvalue weighted by Crippen LogP contribution is -1.98. The van der Waals surface area contributed by atoms with Gasteiger partial charge in [-0.3, -0.25) is 4.98 Å². The van der Waals surface area contributed by atoms with E-state index in [0.717, 1.165) is 80.6 Å². The lowest BCUT2D eigenvalue weighted by molar-refractivity contribution is 0.985. The quantitative estimate of drug-likeness (QED) is 0.191. The van der Waals surface area contributed by atoms with Crippen molar-refractivity contribution < 1.29 is 0 Å². The number of benzene rings is 5. The number of pyridine rings is 1. The van der Waals surface area contributed by atoms with Crippen LogP contribution in [-0.4, -0.2) is 15.0 Å². The maximum absolute atomic E-state index is 5.24. The summed E-state index contributed by atoms with van der Waals surface area (Å²) in [6.45, 7) is 0. The lowest BCUT2D eigenvalue weighted by Gasteiger charge is -2.13. The molecule has 0 saturated heterocycles. The molecule has 49 heavy (non-hydrogen) atoms. The lowest BCUT2D eigenvalue weighted by atomic mass is 9.93. The predicted octanol–water partition coefficient (Wildman–Crippen LogP) is 11.6. The molecule has 0 atom stereocenters. The van der Waals surface area contributed by atoms with Gasteiger partial charge in [-0.1, -0.05) is 127 Å². The van der Waals surface area contributed by atoms with E-state index in [2.05, 4.69) is 146 Å². The van der Waals surface area contributed by atoms with E-state index in [-0.39, 0.29) is 0 Å². The number of allylic oxidation sites excluding steroid dienone is 7. The Morgan fingerprint density at radius 3 is 2.31 bits per heavy atom. The molecule has 0 N–H and O–H groups in total. The maximum atomic E-state index is 5.24. The second kappa shape index (κ2) is 12.4. The van der Waals surface area contributed by atoms with E-state index in [1.807, 2.05) is 18.3 Å². The topological polar surface area (TPSA) is 38.7 Å². The van der Waals surface area contributed by atoms with Crippen LogP contribution < -0.4 is 0 Å². The van der Waals surface area contributed by atoms with Crippen LogP contribution in [0.2, 0.25) is 0 Å². The summed E-state index contributed by atoms with van der Waals surface area (Å²) in [4.78, 5) is 15.2. The Hall–Kier alpha value is -6.19. The first kappa shape index (κ1) is 29.0. The molecule has 2 aliphatic carbocycles. The van der Waals surface area contributed by atoms with Gasteiger partial charge in [-0.25, -0.2) is 9.97 Å². The molecule has 9 rings (SSSR count). The summed E-state index contributed by atoms with van der Waals surface area (Å²) in [5.74, 6) is 0.718. The van der Waals surface area contributed by atoms with Gasteiger partial charge >= 0.3 is 0 Å². The molecule has 2 aliphatic rings. The average molecular weight is 628 g/mol. The van der Waals surface area contributed by atoms with Gasteiger partial charge in [0.25, 0.3) is 0 Å². The summed E-state index contributed by atoms with van der Waals surface area (Å²) in [5.41, 5.74) is 13.4. The van der Waals surface area contributed by atoms with Crippen LogP contribution in [0.5, 0.6) is 0 Å². The van der Waals surface area contributed by atoms with E-state index in [1.165, 1.54) is 27.6 Å². The molecular weight excluding hydrogens is 595 g/mol. The van der Waals surface area contributed by atoms with E-state index in [0.29, 0.717) is 0 Å². The molecule has 0 unspecified atom stereocenters. The number of hydrogen-bond donors (Lipinski definition) is 0. The summed E-state index contributed by atoms with van der Waals surface area (Å²) in [6.07, 6.45) is 18.6. The molecule has 232 valence electrons. The van der Waals surface area contributed by atoms with Gasteiger partial charge < -0.3 is 0 Å². The zero-order valence-electron chi connectivity index (χ0n) is 27.1. The normalized spacial score (nSPS) is 14.0. The number of nitrogens with zero attached hydrogens (tertiary/aromatic N) is 3. The molecule has 0 saturated carbocycles. The first-order chi connectivity index (χ1) is 24.2. The van der Waals surface area contributed by atoms with Gasteiger partial charge in [-0.05, 0) is 93.8 Å². The first-order valence-corrected chi connectivity index (χ1v) is 17.0. The zero-order chi connectivity index (χ0) is 32.6. The Kier molecular flexibility index (Phi) is 7.36. The van der Waals surface area contributed by atoms with E-state index in [4.69, 9.17) is 15.0 Å². The average Bonchev–Trinajstić information content (AvgIpc) is 3.44. The number of fused-ring (bicyclic) bond motifs is 3. The van der Waals surface area contributed by atoms with Gasteiger partial charge in [-0.2, -0.15) is 0 Å². The zero-order valence-corrected chi connectivity index (χ0v) is 27.1. The summed E-state index contributed by atoms with van der Waals surface area (Å²) >= 11 is 0. The maximum Gasteiger partial charge on any atom is 0.161 e. The Morgan fingerprint density at radius 1 is 0.531 bits per heavy atom. The van der Waals surface area contributed by atoms with Gasteiger partial charge in [-0.15, -0.1) is 0 Å². The first-order valence-electron chi connectivity index (χ1n) is 17.0. The van der Waals surface area contributed by atoms with E-state index >= 15 is 0 Å². The summed E-state index contributed by atoms with van der Waals surface area (Å²) in [6, 6.07) is 42.9. The molecule has 3 nitrogen and oxygen atoms in total. The van der Waals surface area contributed by atoms with Gasteiger partial charge in [0.05, 0.1) is 16.9 Å². The molecule has 0 spiro atoms. The van der Waals surface area contributed by atoms with Crippen LogP contribution in [0.15, 0.2) is 158 Å². The molecule has 2 aromatic heterocycles. The second-order valence-corrected chi connectivity index (χ2v) is 12.7. The van der Waals surface area contributed by atoms with E-state index in [9.17, 15) is 0 Å². The van der Waals surface area contributed by atoms with E-state index < -0.39 is 0 Å². The number of rotatable bonds is 5. The third kappa shape index (κ3) is 5.70. The van der Waals surface area contributed by atoms with Gasteiger partial charge in [0, 0.05) is 28.3 Å².